The largest absolute Gasteiger partial charge is 0.439 e. The molecule has 0 atom stereocenters. The first-order valence-electron chi connectivity index (χ1n) is 6.66. The number of hydrogen-bond acceptors (Lipinski definition) is 4. The lowest BCUT2D eigenvalue weighted by Crippen LogP contribution is -2.00. The number of nitrogens with one attached hydrogen (secondary N) is 1. The quantitative estimate of drug-likeness (QED) is 0.794. The summed E-state index contributed by atoms with van der Waals surface area (Å²) in [7, 11) is 0. The zero-order valence-electron chi connectivity index (χ0n) is 11.7. The fraction of sp³-hybridized carbons (Fsp3) is 0.188. The zero-order chi connectivity index (χ0) is 15.1. The molecule has 21 heavy (non-hydrogen) atoms. The van der Waals surface area contributed by atoms with Crippen LogP contribution in [0.1, 0.15) is 18.9 Å². The molecule has 1 amide bonds. The minimum absolute atomic E-state index is 0.212. The number of aromatic nitrogens is 1. The predicted octanol–water partition coefficient (Wildman–Crippen LogP) is 2.96. The Morgan fingerprint density at radius 2 is 2.00 bits per heavy atom. The highest BCUT2D eigenvalue weighted by molar-refractivity contribution is 5.80. The van der Waals surface area contributed by atoms with Crippen LogP contribution in [-0.4, -0.2) is 17.2 Å². The maximum absolute atomic E-state index is 11.4. The third-order valence-electron chi connectivity index (χ3n) is 2.90. The maximum atomic E-state index is 11.4. The molecule has 2 aromatic rings. The molecular formula is C16H16N2O3. The van der Waals surface area contributed by atoms with Gasteiger partial charge in [-0.25, -0.2) is 4.98 Å². The third kappa shape index (κ3) is 4.42. The Hall–Kier alpha value is -2.69. The number of Topliss-reactive ketones (excluding diaryl/α,β-unsaturated/α-hetero) is 1. The van der Waals surface area contributed by atoms with Gasteiger partial charge in [-0.2, -0.15) is 0 Å². The molecule has 0 bridgehead atoms. The summed E-state index contributed by atoms with van der Waals surface area (Å²) < 4.78 is 5.59. The standard InChI is InChI=1S/C16H16N2O3/c1-2-14(20)9-12-3-6-15(7-4-12)21-16-8-5-13(10-17-16)18-11-19/h3-8,10-11H,2,9H2,1H3,(H,18,19). The highest BCUT2D eigenvalue weighted by Crippen LogP contribution is 2.21. The number of amides is 1. The van der Waals surface area contributed by atoms with Crippen molar-refractivity contribution in [2.75, 3.05) is 5.32 Å². The molecule has 0 aliphatic carbocycles. The monoisotopic (exact) mass is 284 g/mol. The summed E-state index contributed by atoms with van der Waals surface area (Å²) in [5, 5.41) is 2.50. The number of anilines is 1. The van der Waals surface area contributed by atoms with Crippen LogP contribution in [0.4, 0.5) is 5.69 Å². The minimum Gasteiger partial charge on any atom is -0.439 e. The Morgan fingerprint density at radius 1 is 1.24 bits per heavy atom. The first-order valence-corrected chi connectivity index (χ1v) is 6.66. The van der Waals surface area contributed by atoms with E-state index in [-0.39, 0.29) is 5.78 Å². The second-order valence-electron chi connectivity index (χ2n) is 4.46. The lowest BCUT2D eigenvalue weighted by molar-refractivity contribution is -0.118. The van der Waals surface area contributed by atoms with Gasteiger partial charge in [0.25, 0.3) is 0 Å². The van der Waals surface area contributed by atoms with Gasteiger partial charge in [0.2, 0.25) is 12.3 Å². The van der Waals surface area contributed by atoms with E-state index in [4.69, 9.17) is 4.74 Å². The number of carbonyl (C=O) groups is 2. The smallest absolute Gasteiger partial charge is 0.219 e. The average Bonchev–Trinajstić information content (AvgIpc) is 2.51. The predicted molar refractivity (Wildman–Crippen MR) is 79.4 cm³/mol. The molecule has 0 spiro atoms. The van der Waals surface area contributed by atoms with Crippen LogP contribution in [0.5, 0.6) is 11.6 Å². The van der Waals surface area contributed by atoms with Crippen molar-refractivity contribution in [2.24, 2.45) is 0 Å². The van der Waals surface area contributed by atoms with E-state index in [1.807, 2.05) is 19.1 Å². The summed E-state index contributed by atoms with van der Waals surface area (Å²) >= 11 is 0. The molecule has 0 saturated carbocycles. The van der Waals surface area contributed by atoms with Crippen LogP contribution < -0.4 is 10.1 Å². The molecule has 1 aromatic carbocycles. The highest BCUT2D eigenvalue weighted by atomic mass is 16.5. The lowest BCUT2D eigenvalue weighted by Gasteiger charge is -2.06. The van der Waals surface area contributed by atoms with Crippen molar-refractivity contribution >= 4 is 17.9 Å². The molecule has 1 heterocycles. The first kappa shape index (κ1) is 14.7. The number of ketones is 1. The summed E-state index contributed by atoms with van der Waals surface area (Å²) in [6.45, 7) is 1.86. The number of nitrogens with zero attached hydrogens (tertiary/aromatic N) is 1. The van der Waals surface area contributed by atoms with E-state index in [0.717, 1.165) is 5.56 Å². The van der Waals surface area contributed by atoms with Crippen LogP contribution in [0, 0.1) is 0 Å². The second-order valence-corrected chi connectivity index (χ2v) is 4.46. The number of benzene rings is 1. The fourth-order valence-electron chi connectivity index (χ4n) is 1.74. The van der Waals surface area contributed by atoms with Gasteiger partial charge >= 0.3 is 0 Å². The van der Waals surface area contributed by atoms with Gasteiger partial charge in [0, 0.05) is 18.9 Å². The van der Waals surface area contributed by atoms with E-state index >= 15 is 0 Å². The number of ether oxygens (including phenoxy) is 1. The van der Waals surface area contributed by atoms with E-state index in [1.54, 1.807) is 24.3 Å². The van der Waals surface area contributed by atoms with Gasteiger partial charge in [-0.1, -0.05) is 19.1 Å². The molecule has 0 aliphatic heterocycles. The third-order valence-corrected chi connectivity index (χ3v) is 2.90. The Bertz CT molecular complexity index is 606. The van der Waals surface area contributed by atoms with Crippen LogP contribution in [-0.2, 0) is 16.0 Å². The zero-order valence-corrected chi connectivity index (χ0v) is 11.7. The van der Waals surface area contributed by atoms with Crippen LogP contribution in [0.3, 0.4) is 0 Å². The van der Waals surface area contributed by atoms with Crippen molar-refractivity contribution in [3.63, 3.8) is 0 Å². The Balaban J connectivity index is 1.99. The second kappa shape index (κ2) is 7.19. The number of rotatable bonds is 7. The maximum Gasteiger partial charge on any atom is 0.219 e. The number of carbonyl (C=O) groups excluding carboxylic acids is 2. The van der Waals surface area contributed by atoms with Gasteiger partial charge < -0.3 is 10.1 Å². The van der Waals surface area contributed by atoms with E-state index in [1.165, 1.54) is 6.20 Å². The fourth-order valence-corrected chi connectivity index (χ4v) is 1.74. The van der Waals surface area contributed by atoms with E-state index in [0.29, 0.717) is 36.6 Å². The summed E-state index contributed by atoms with van der Waals surface area (Å²) in [6, 6.07) is 10.7. The molecule has 0 saturated heterocycles. The molecule has 108 valence electrons. The lowest BCUT2D eigenvalue weighted by atomic mass is 10.1. The van der Waals surface area contributed by atoms with Gasteiger partial charge in [0.05, 0.1) is 11.9 Å². The van der Waals surface area contributed by atoms with Crippen molar-refractivity contribution in [1.82, 2.24) is 4.98 Å². The van der Waals surface area contributed by atoms with Gasteiger partial charge in [-0.3, -0.25) is 9.59 Å². The first-order chi connectivity index (χ1) is 10.2. The summed E-state index contributed by atoms with van der Waals surface area (Å²) in [5.41, 5.74) is 1.57. The molecule has 0 radical (unpaired) electrons. The normalized spacial score (nSPS) is 9.95. The molecule has 2 rings (SSSR count). The van der Waals surface area contributed by atoms with Crippen molar-refractivity contribution in [1.29, 1.82) is 0 Å². The summed E-state index contributed by atoms with van der Waals surface area (Å²) in [5.74, 6) is 1.29. The van der Waals surface area contributed by atoms with Crippen LogP contribution in [0.25, 0.3) is 0 Å². The molecule has 0 fully saturated rings. The molecule has 5 heteroatoms. The van der Waals surface area contributed by atoms with E-state index < -0.39 is 0 Å². The molecule has 0 aliphatic rings. The van der Waals surface area contributed by atoms with Crippen LogP contribution in [0.15, 0.2) is 42.6 Å². The SMILES string of the molecule is CCC(=O)Cc1ccc(Oc2ccc(NC=O)cn2)cc1. The molecule has 5 nitrogen and oxygen atoms in total. The molecule has 1 N–H and O–H groups in total. The Labute approximate surface area is 123 Å². The topological polar surface area (TPSA) is 68.3 Å². The van der Waals surface area contributed by atoms with Gasteiger partial charge in [0.15, 0.2) is 0 Å². The van der Waals surface area contributed by atoms with Crippen molar-refractivity contribution in [2.45, 2.75) is 19.8 Å². The highest BCUT2D eigenvalue weighted by Gasteiger charge is 2.03. The van der Waals surface area contributed by atoms with Crippen molar-refractivity contribution in [3.8, 4) is 11.6 Å². The van der Waals surface area contributed by atoms with Crippen molar-refractivity contribution < 1.29 is 14.3 Å². The molecule has 0 unspecified atom stereocenters. The Kier molecular flexibility index (Phi) is 5.04. The number of pyridine rings is 1. The van der Waals surface area contributed by atoms with Crippen LogP contribution in [0.2, 0.25) is 0 Å². The number of hydrogen-bond donors (Lipinski definition) is 1. The van der Waals surface area contributed by atoms with Gasteiger partial charge in [-0.15, -0.1) is 0 Å². The van der Waals surface area contributed by atoms with Gasteiger partial charge in [0.1, 0.15) is 11.5 Å². The molecule has 1 aromatic heterocycles. The minimum atomic E-state index is 0.212. The van der Waals surface area contributed by atoms with Crippen LogP contribution >= 0.6 is 0 Å². The van der Waals surface area contributed by atoms with E-state index in [9.17, 15) is 9.59 Å². The average molecular weight is 284 g/mol. The summed E-state index contributed by atoms with van der Waals surface area (Å²) in [4.78, 5) is 25.7. The van der Waals surface area contributed by atoms with Crippen molar-refractivity contribution in [3.05, 3.63) is 48.2 Å². The summed E-state index contributed by atoms with van der Waals surface area (Å²) in [6.07, 6.45) is 3.09. The Morgan fingerprint density at radius 3 is 2.57 bits per heavy atom. The van der Waals surface area contributed by atoms with E-state index in [2.05, 4.69) is 10.3 Å². The molecular weight excluding hydrogens is 268 g/mol. The van der Waals surface area contributed by atoms with Gasteiger partial charge in [-0.05, 0) is 23.8 Å².